The van der Waals surface area contributed by atoms with Gasteiger partial charge in [-0.25, -0.2) is 4.79 Å². The molecule has 0 aromatic carbocycles. The maximum Gasteiger partial charge on any atom is 0.338 e. The van der Waals surface area contributed by atoms with Gasteiger partial charge in [0.05, 0.1) is 24.8 Å². The Morgan fingerprint density at radius 3 is 2.77 bits per heavy atom. The summed E-state index contributed by atoms with van der Waals surface area (Å²) in [6.45, 7) is 6.16. The van der Waals surface area contributed by atoms with Crippen molar-refractivity contribution in [2.75, 3.05) is 7.11 Å². The summed E-state index contributed by atoms with van der Waals surface area (Å²) in [6, 6.07) is 2.04. The molecule has 0 saturated carbocycles. The summed E-state index contributed by atoms with van der Waals surface area (Å²) in [5.41, 5.74) is 7.88. The Bertz CT molecular complexity index is 722. The third-order valence-electron chi connectivity index (χ3n) is 3.76. The molecule has 0 bridgehead atoms. The van der Waals surface area contributed by atoms with E-state index in [-0.39, 0.29) is 17.0 Å². The highest BCUT2D eigenvalue weighted by atomic mass is 16.5. The van der Waals surface area contributed by atoms with E-state index in [1.165, 1.54) is 7.11 Å². The minimum atomic E-state index is -0.633. The molecule has 1 aliphatic heterocycles. The number of ether oxygens (including phenoxy) is 2. The minimum Gasteiger partial charge on any atom is -0.466 e. The summed E-state index contributed by atoms with van der Waals surface area (Å²) in [6.07, 6.45) is 1.65. The fourth-order valence-electron chi connectivity index (χ4n) is 2.63. The van der Waals surface area contributed by atoms with Gasteiger partial charge in [0.1, 0.15) is 17.4 Å². The van der Waals surface area contributed by atoms with Gasteiger partial charge < -0.3 is 15.2 Å². The van der Waals surface area contributed by atoms with E-state index in [1.807, 2.05) is 19.9 Å². The molecule has 0 spiro atoms. The van der Waals surface area contributed by atoms with Crippen LogP contribution in [0.4, 0.5) is 0 Å². The number of nitriles is 1. The van der Waals surface area contributed by atoms with E-state index in [2.05, 4.69) is 5.10 Å². The SMILES string of the molecule is CCn1ncc([C@@H]2C(C#N)=C(N)OC(C)=C2C(=O)OC)c1C. The number of carbonyl (C=O) groups excluding carboxylic acids is 1. The van der Waals surface area contributed by atoms with Crippen LogP contribution in [-0.2, 0) is 20.8 Å². The molecule has 0 fully saturated rings. The highest BCUT2D eigenvalue weighted by molar-refractivity contribution is 5.92. The van der Waals surface area contributed by atoms with Crippen molar-refractivity contribution in [3.63, 3.8) is 0 Å². The summed E-state index contributed by atoms with van der Waals surface area (Å²) < 4.78 is 12.0. The third kappa shape index (κ3) is 2.33. The Hall–Kier alpha value is -2.75. The van der Waals surface area contributed by atoms with Gasteiger partial charge in [-0.3, -0.25) is 4.68 Å². The Morgan fingerprint density at radius 2 is 2.27 bits per heavy atom. The van der Waals surface area contributed by atoms with Gasteiger partial charge in [0, 0.05) is 17.8 Å². The lowest BCUT2D eigenvalue weighted by molar-refractivity contribution is -0.136. The first-order valence-electron chi connectivity index (χ1n) is 6.85. The summed E-state index contributed by atoms with van der Waals surface area (Å²) in [4.78, 5) is 12.2. The molecule has 0 aliphatic carbocycles. The molecule has 2 rings (SSSR count). The molecule has 1 aromatic rings. The van der Waals surface area contributed by atoms with Crippen molar-refractivity contribution >= 4 is 5.97 Å². The van der Waals surface area contributed by atoms with E-state index in [9.17, 15) is 10.1 Å². The number of aromatic nitrogens is 2. The predicted molar refractivity (Wildman–Crippen MR) is 78.0 cm³/mol. The van der Waals surface area contributed by atoms with Gasteiger partial charge in [-0.1, -0.05) is 0 Å². The summed E-state index contributed by atoms with van der Waals surface area (Å²) in [5.74, 6) is -0.851. The lowest BCUT2D eigenvalue weighted by atomic mass is 9.83. The third-order valence-corrected chi connectivity index (χ3v) is 3.76. The highest BCUT2D eigenvalue weighted by Crippen LogP contribution is 2.40. The number of hydrogen-bond donors (Lipinski definition) is 1. The van der Waals surface area contributed by atoms with Gasteiger partial charge in [-0.05, 0) is 20.8 Å². The van der Waals surface area contributed by atoms with E-state index < -0.39 is 11.9 Å². The van der Waals surface area contributed by atoms with E-state index in [1.54, 1.807) is 17.8 Å². The number of aryl methyl sites for hydroxylation is 1. The van der Waals surface area contributed by atoms with Gasteiger partial charge in [-0.15, -0.1) is 0 Å². The molecule has 22 heavy (non-hydrogen) atoms. The second kappa shape index (κ2) is 5.93. The predicted octanol–water partition coefficient (Wildman–Crippen LogP) is 1.47. The minimum absolute atomic E-state index is 0.00121. The highest BCUT2D eigenvalue weighted by Gasteiger charge is 2.37. The van der Waals surface area contributed by atoms with Crippen LogP contribution in [0.2, 0.25) is 0 Å². The first-order chi connectivity index (χ1) is 10.5. The number of rotatable bonds is 3. The molecule has 116 valence electrons. The number of methoxy groups -OCH3 is 1. The molecule has 0 unspecified atom stereocenters. The van der Waals surface area contributed by atoms with Gasteiger partial charge in [0.25, 0.3) is 0 Å². The van der Waals surface area contributed by atoms with E-state index in [0.717, 1.165) is 11.3 Å². The van der Waals surface area contributed by atoms with Crippen molar-refractivity contribution in [2.45, 2.75) is 33.2 Å². The number of esters is 1. The molecule has 1 aliphatic rings. The van der Waals surface area contributed by atoms with Crippen molar-refractivity contribution in [1.82, 2.24) is 9.78 Å². The molecule has 0 amide bonds. The van der Waals surface area contributed by atoms with Crippen LogP contribution in [0.3, 0.4) is 0 Å². The van der Waals surface area contributed by atoms with E-state index in [4.69, 9.17) is 15.2 Å². The number of allylic oxidation sites excluding steroid dienone is 2. The molecule has 1 aromatic heterocycles. The van der Waals surface area contributed by atoms with Crippen molar-refractivity contribution in [2.24, 2.45) is 5.73 Å². The lowest BCUT2D eigenvalue weighted by Crippen LogP contribution is -2.25. The van der Waals surface area contributed by atoms with Crippen LogP contribution in [0.1, 0.15) is 31.0 Å². The van der Waals surface area contributed by atoms with Crippen LogP contribution in [0.5, 0.6) is 0 Å². The summed E-state index contributed by atoms with van der Waals surface area (Å²) in [5, 5.41) is 13.7. The van der Waals surface area contributed by atoms with Crippen molar-refractivity contribution in [3.8, 4) is 6.07 Å². The Labute approximate surface area is 128 Å². The Kier molecular flexibility index (Phi) is 4.22. The van der Waals surface area contributed by atoms with Crippen molar-refractivity contribution in [1.29, 1.82) is 5.26 Å². The fraction of sp³-hybridized carbons (Fsp3) is 0.400. The average molecular weight is 302 g/mol. The first-order valence-corrected chi connectivity index (χ1v) is 6.85. The first kappa shape index (κ1) is 15.6. The normalized spacial score (nSPS) is 18.0. The van der Waals surface area contributed by atoms with E-state index in [0.29, 0.717) is 12.3 Å². The quantitative estimate of drug-likeness (QED) is 0.848. The van der Waals surface area contributed by atoms with Crippen molar-refractivity contribution < 1.29 is 14.3 Å². The van der Waals surface area contributed by atoms with Gasteiger partial charge in [0.15, 0.2) is 0 Å². The van der Waals surface area contributed by atoms with Crippen LogP contribution in [0, 0.1) is 18.3 Å². The molecule has 2 N–H and O–H groups in total. The number of nitrogens with zero attached hydrogens (tertiary/aromatic N) is 3. The molecule has 0 saturated heterocycles. The number of hydrogen-bond acceptors (Lipinski definition) is 6. The molecular formula is C15H18N4O3. The zero-order valence-electron chi connectivity index (χ0n) is 13.0. The smallest absolute Gasteiger partial charge is 0.338 e. The molecule has 7 heteroatoms. The molecular weight excluding hydrogens is 284 g/mol. The van der Waals surface area contributed by atoms with Crippen LogP contribution in [-0.4, -0.2) is 22.9 Å². The Balaban J connectivity index is 2.68. The Morgan fingerprint density at radius 1 is 1.59 bits per heavy atom. The number of carbonyl (C=O) groups is 1. The monoisotopic (exact) mass is 302 g/mol. The zero-order valence-corrected chi connectivity index (χ0v) is 13.0. The van der Waals surface area contributed by atoms with E-state index >= 15 is 0 Å². The van der Waals surface area contributed by atoms with Crippen molar-refractivity contribution in [3.05, 3.63) is 40.2 Å². The van der Waals surface area contributed by atoms with Crippen LogP contribution in [0.25, 0.3) is 0 Å². The molecule has 2 heterocycles. The average Bonchev–Trinajstić information content (AvgIpc) is 2.86. The van der Waals surface area contributed by atoms with Crippen LogP contribution < -0.4 is 5.73 Å². The molecule has 0 radical (unpaired) electrons. The van der Waals surface area contributed by atoms with Crippen LogP contribution >= 0.6 is 0 Å². The fourth-order valence-corrected chi connectivity index (χ4v) is 2.63. The maximum absolute atomic E-state index is 12.2. The molecule has 1 atom stereocenters. The topological polar surface area (TPSA) is 103 Å². The second-order valence-electron chi connectivity index (χ2n) is 4.89. The zero-order chi connectivity index (χ0) is 16.4. The second-order valence-corrected chi connectivity index (χ2v) is 4.89. The van der Waals surface area contributed by atoms with Gasteiger partial charge in [-0.2, -0.15) is 10.4 Å². The summed E-state index contributed by atoms with van der Waals surface area (Å²) >= 11 is 0. The maximum atomic E-state index is 12.2. The molecule has 7 nitrogen and oxygen atoms in total. The standard InChI is InChI=1S/C15H18N4O3/c1-5-19-8(2)11(7-18-19)13-10(6-16)14(17)22-9(3)12(13)15(20)21-4/h7,13H,5,17H2,1-4H3/t13-/m0/s1. The number of nitrogens with two attached hydrogens (primary N) is 1. The largest absolute Gasteiger partial charge is 0.466 e. The van der Waals surface area contributed by atoms with Gasteiger partial charge >= 0.3 is 5.97 Å². The summed E-state index contributed by atoms with van der Waals surface area (Å²) in [7, 11) is 1.29. The lowest BCUT2D eigenvalue weighted by Gasteiger charge is -2.26. The van der Waals surface area contributed by atoms with Crippen LogP contribution in [0.15, 0.2) is 29.0 Å². The van der Waals surface area contributed by atoms with Gasteiger partial charge in [0.2, 0.25) is 5.88 Å².